The largest absolute Gasteiger partial charge is 0.387 e. The molecule has 0 aromatic rings. The zero-order chi connectivity index (χ0) is 29.0. The van der Waals surface area contributed by atoms with Crippen LogP contribution >= 0.6 is 0 Å². The SMILES string of the molecule is CCCCCCCCCCCCCCC/C=C/C(O)C(CS(=O)(=O)O)NC(=O)CCCCCCCCCCC. The third kappa shape index (κ3) is 28.4. The lowest BCUT2D eigenvalue weighted by atomic mass is 10.0. The molecule has 0 aliphatic heterocycles. The van der Waals surface area contributed by atoms with E-state index in [0.717, 1.165) is 38.5 Å². The highest BCUT2D eigenvalue weighted by atomic mass is 32.2. The van der Waals surface area contributed by atoms with Crippen LogP contribution in [0, 0.1) is 0 Å². The van der Waals surface area contributed by atoms with Crippen molar-refractivity contribution in [1.29, 1.82) is 0 Å². The smallest absolute Gasteiger partial charge is 0.267 e. The summed E-state index contributed by atoms with van der Waals surface area (Å²) >= 11 is 0. The van der Waals surface area contributed by atoms with Crippen molar-refractivity contribution < 1.29 is 22.9 Å². The molecule has 0 saturated heterocycles. The molecular weight excluding hydrogens is 510 g/mol. The van der Waals surface area contributed by atoms with Crippen molar-refractivity contribution in [3.05, 3.63) is 12.2 Å². The fourth-order valence-electron chi connectivity index (χ4n) is 4.98. The van der Waals surface area contributed by atoms with Crippen molar-refractivity contribution in [2.24, 2.45) is 0 Å². The Morgan fingerprint density at radius 3 is 1.46 bits per heavy atom. The normalized spacial score (nSPS) is 13.6. The van der Waals surface area contributed by atoms with E-state index in [1.54, 1.807) is 6.08 Å². The maximum Gasteiger partial charge on any atom is 0.267 e. The van der Waals surface area contributed by atoms with Gasteiger partial charge in [0.15, 0.2) is 0 Å². The van der Waals surface area contributed by atoms with E-state index in [4.69, 9.17) is 0 Å². The van der Waals surface area contributed by atoms with E-state index in [2.05, 4.69) is 19.2 Å². The molecule has 2 unspecified atom stereocenters. The summed E-state index contributed by atoms with van der Waals surface area (Å²) < 4.78 is 32.2. The molecule has 39 heavy (non-hydrogen) atoms. The minimum absolute atomic E-state index is 0.282. The maximum atomic E-state index is 12.3. The molecule has 0 spiro atoms. The summed E-state index contributed by atoms with van der Waals surface area (Å²) in [6.45, 7) is 4.46. The van der Waals surface area contributed by atoms with Crippen LogP contribution in [0.3, 0.4) is 0 Å². The Bertz CT molecular complexity index is 680. The summed E-state index contributed by atoms with van der Waals surface area (Å²) in [5.41, 5.74) is 0. The van der Waals surface area contributed by atoms with E-state index in [0.29, 0.717) is 6.42 Å². The summed E-state index contributed by atoms with van der Waals surface area (Å²) in [7, 11) is -4.32. The molecule has 3 N–H and O–H groups in total. The topological polar surface area (TPSA) is 104 Å². The van der Waals surface area contributed by atoms with Gasteiger partial charge in [0.25, 0.3) is 10.1 Å². The van der Waals surface area contributed by atoms with Gasteiger partial charge in [-0.25, -0.2) is 0 Å². The highest BCUT2D eigenvalue weighted by Crippen LogP contribution is 2.14. The van der Waals surface area contributed by atoms with Crippen LogP contribution in [0.15, 0.2) is 12.2 Å². The minimum Gasteiger partial charge on any atom is -0.387 e. The first-order chi connectivity index (χ1) is 18.8. The number of hydrogen-bond acceptors (Lipinski definition) is 4. The summed E-state index contributed by atoms with van der Waals surface area (Å²) in [6.07, 6.45) is 30.5. The van der Waals surface area contributed by atoms with E-state index >= 15 is 0 Å². The molecule has 6 nitrogen and oxygen atoms in total. The summed E-state index contributed by atoms with van der Waals surface area (Å²) in [6, 6.07) is -1.05. The van der Waals surface area contributed by atoms with Crippen LogP contribution < -0.4 is 5.32 Å². The van der Waals surface area contributed by atoms with Gasteiger partial charge in [-0.3, -0.25) is 9.35 Å². The van der Waals surface area contributed by atoms with Crippen molar-refractivity contribution >= 4 is 16.0 Å². The predicted octanol–water partition coefficient (Wildman–Crippen LogP) is 8.68. The van der Waals surface area contributed by atoms with E-state index in [1.807, 2.05) is 6.08 Å². The number of aliphatic hydroxyl groups is 1. The van der Waals surface area contributed by atoms with Crippen molar-refractivity contribution in [2.75, 3.05) is 5.75 Å². The van der Waals surface area contributed by atoms with Gasteiger partial charge in [0.2, 0.25) is 5.91 Å². The number of aliphatic hydroxyl groups excluding tert-OH is 1. The predicted molar refractivity (Wildman–Crippen MR) is 166 cm³/mol. The number of hydrogen-bond donors (Lipinski definition) is 3. The van der Waals surface area contributed by atoms with Gasteiger partial charge in [0.1, 0.15) is 0 Å². The average molecular weight is 574 g/mol. The van der Waals surface area contributed by atoms with Gasteiger partial charge < -0.3 is 10.4 Å². The van der Waals surface area contributed by atoms with Crippen molar-refractivity contribution in [2.45, 2.75) is 180 Å². The van der Waals surface area contributed by atoms with E-state index in [-0.39, 0.29) is 5.91 Å². The fraction of sp³-hybridized carbons (Fsp3) is 0.906. The molecule has 0 bridgehead atoms. The molecule has 2 atom stereocenters. The molecule has 0 aromatic carbocycles. The van der Waals surface area contributed by atoms with Crippen LogP contribution in [-0.4, -0.2) is 41.9 Å². The highest BCUT2D eigenvalue weighted by Gasteiger charge is 2.24. The fourth-order valence-corrected chi connectivity index (χ4v) is 5.71. The maximum absolute atomic E-state index is 12.3. The number of unbranched alkanes of at least 4 members (excludes halogenated alkanes) is 21. The van der Waals surface area contributed by atoms with Crippen LogP contribution in [-0.2, 0) is 14.9 Å². The lowest BCUT2D eigenvalue weighted by Gasteiger charge is -2.21. The second kappa shape index (κ2) is 27.3. The molecule has 0 aliphatic carbocycles. The van der Waals surface area contributed by atoms with Crippen LogP contribution in [0.5, 0.6) is 0 Å². The van der Waals surface area contributed by atoms with Crippen LogP contribution in [0.4, 0.5) is 0 Å². The molecule has 0 fully saturated rings. The molecule has 0 aromatic heterocycles. The van der Waals surface area contributed by atoms with Crippen LogP contribution in [0.1, 0.15) is 168 Å². The van der Waals surface area contributed by atoms with Gasteiger partial charge in [0.05, 0.1) is 17.9 Å². The lowest BCUT2D eigenvalue weighted by Crippen LogP contribution is -2.46. The second-order valence-corrected chi connectivity index (χ2v) is 12.9. The van der Waals surface area contributed by atoms with Crippen molar-refractivity contribution in [1.82, 2.24) is 5.32 Å². The Morgan fingerprint density at radius 1 is 0.667 bits per heavy atom. The Hall–Kier alpha value is -0.920. The number of carbonyl (C=O) groups is 1. The van der Waals surface area contributed by atoms with Gasteiger partial charge in [-0.1, -0.05) is 154 Å². The molecule has 0 rings (SSSR count). The first-order valence-electron chi connectivity index (χ1n) is 16.4. The van der Waals surface area contributed by atoms with E-state index < -0.39 is 28.0 Å². The summed E-state index contributed by atoms with van der Waals surface area (Å²) in [5, 5.41) is 13.1. The van der Waals surface area contributed by atoms with Crippen molar-refractivity contribution in [3.8, 4) is 0 Å². The monoisotopic (exact) mass is 573 g/mol. The van der Waals surface area contributed by atoms with Gasteiger partial charge >= 0.3 is 0 Å². The molecule has 0 aliphatic rings. The number of nitrogens with one attached hydrogen (secondary N) is 1. The van der Waals surface area contributed by atoms with E-state index in [1.165, 1.54) is 109 Å². The Labute approximate surface area is 241 Å². The molecule has 0 saturated carbocycles. The Morgan fingerprint density at radius 2 is 1.05 bits per heavy atom. The Kier molecular flexibility index (Phi) is 26.6. The second-order valence-electron chi connectivity index (χ2n) is 11.5. The molecular formula is C32H63NO5S. The molecule has 0 heterocycles. The third-order valence-corrected chi connectivity index (χ3v) is 8.24. The van der Waals surface area contributed by atoms with Gasteiger partial charge in [-0.2, -0.15) is 8.42 Å². The average Bonchev–Trinajstić information content (AvgIpc) is 2.88. The van der Waals surface area contributed by atoms with E-state index in [9.17, 15) is 22.9 Å². The van der Waals surface area contributed by atoms with Gasteiger partial charge in [0, 0.05) is 6.42 Å². The number of carbonyl (C=O) groups excluding carboxylic acids is 1. The highest BCUT2D eigenvalue weighted by molar-refractivity contribution is 7.85. The number of rotatable bonds is 29. The third-order valence-electron chi connectivity index (χ3n) is 7.46. The van der Waals surface area contributed by atoms with Crippen LogP contribution in [0.25, 0.3) is 0 Å². The molecule has 7 heteroatoms. The number of allylic oxidation sites excluding steroid dienone is 1. The van der Waals surface area contributed by atoms with Crippen molar-refractivity contribution in [3.63, 3.8) is 0 Å². The summed E-state index contributed by atoms with van der Waals surface area (Å²) in [4.78, 5) is 12.3. The summed E-state index contributed by atoms with van der Waals surface area (Å²) in [5.74, 6) is -0.976. The van der Waals surface area contributed by atoms with Gasteiger partial charge in [-0.15, -0.1) is 0 Å². The molecule has 0 radical (unpaired) electrons. The minimum atomic E-state index is -4.32. The lowest BCUT2D eigenvalue weighted by molar-refractivity contribution is -0.122. The quantitative estimate of drug-likeness (QED) is 0.0472. The Balaban J connectivity index is 4.02. The molecule has 1 amide bonds. The standard InChI is InChI=1S/C32H63NO5S/c1-3-5-7-9-11-13-14-15-16-17-18-20-21-23-25-27-31(34)30(29-39(36,37)38)33-32(35)28-26-24-22-19-12-10-8-6-4-2/h25,27,30-31,34H,3-24,26,28-29H2,1-2H3,(H,33,35)(H,36,37,38)/b27-25+. The first-order valence-corrected chi connectivity index (χ1v) is 18.0. The zero-order valence-corrected chi connectivity index (χ0v) is 26.3. The zero-order valence-electron chi connectivity index (χ0n) is 25.5. The van der Waals surface area contributed by atoms with Gasteiger partial charge in [-0.05, 0) is 19.3 Å². The molecule has 232 valence electrons. The number of amides is 1. The first kappa shape index (κ1) is 38.1. The van der Waals surface area contributed by atoms with Crippen LogP contribution in [0.2, 0.25) is 0 Å².